The molecular weight excluding hydrogens is 350 g/mol. The lowest BCUT2D eigenvalue weighted by Crippen LogP contribution is -2.19. The van der Waals surface area contributed by atoms with Gasteiger partial charge in [0.25, 0.3) is 0 Å². The second-order valence-corrected chi connectivity index (χ2v) is 7.23. The molecule has 0 aliphatic rings. The molecule has 1 heterocycles. The van der Waals surface area contributed by atoms with Crippen molar-refractivity contribution in [1.29, 1.82) is 0 Å². The van der Waals surface area contributed by atoms with E-state index in [4.69, 9.17) is 22.3 Å². The zero-order valence-electron chi connectivity index (χ0n) is 12.5. The van der Waals surface area contributed by atoms with E-state index in [0.29, 0.717) is 17.4 Å². The normalized spacial score (nSPS) is 11.7. The minimum atomic E-state index is -0.111. The second kappa shape index (κ2) is 5.85. The van der Waals surface area contributed by atoms with Crippen molar-refractivity contribution in [2.24, 2.45) is 0 Å². The van der Waals surface area contributed by atoms with Crippen LogP contribution in [0.5, 0.6) is 0 Å². The van der Waals surface area contributed by atoms with Gasteiger partial charge in [0.1, 0.15) is 17.3 Å². The average Bonchev–Trinajstić information content (AvgIpc) is 2.71. The maximum absolute atomic E-state index is 6.33. The van der Waals surface area contributed by atoms with E-state index >= 15 is 0 Å². The molecular formula is C16H19BrClN3. The first-order chi connectivity index (χ1) is 9.75. The Hall–Kier alpha value is -1.26. The molecule has 3 nitrogen and oxygen atoms in total. The second-order valence-electron chi connectivity index (χ2n) is 5.94. The molecule has 1 aromatic carbocycles. The fourth-order valence-electron chi connectivity index (χ4n) is 2.23. The van der Waals surface area contributed by atoms with Crippen LogP contribution in [-0.2, 0) is 12.0 Å². The number of allylic oxidation sites excluding steroid dienone is 1. The van der Waals surface area contributed by atoms with Gasteiger partial charge in [0.2, 0.25) is 0 Å². The predicted molar refractivity (Wildman–Crippen MR) is 93.7 cm³/mol. The number of imidazole rings is 1. The highest BCUT2D eigenvalue weighted by molar-refractivity contribution is 9.10. The van der Waals surface area contributed by atoms with Crippen molar-refractivity contribution in [3.8, 4) is 11.3 Å². The van der Waals surface area contributed by atoms with Crippen LogP contribution in [0.25, 0.3) is 11.3 Å². The number of hydrogen-bond donors (Lipinski definition) is 1. The van der Waals surface area contributed by atoms with E-state index in [2.05, 4.69) is 43.3 Å². The maximum atomic E-state index is 6.33. The number of anilines is 1. The summed E-state index contributed by atoms with van der Waals surface area (Å²) in [4.78, 5) is 4.77. The van der Waals surface area contributed by atoms with Gasteiger partial charge in [0.15, 0.2) is 0 Å². The van der Waals surface area contributed by atoms with Crippen LogP contribution in [0.4, 0.5) is 5.82 Å². The molecule has 0 saturated heterocycles. The summed E-state index contributed by atoms with van der Waals surface area (Å²) >= 11 is 9.65. The Balaban J connectivity index is 2.70. The van der Waals surface area contributed by atoms with Gasteiger partial charge in [-0.2, -0.15) is 0 Å². The lowest BCUT2D eigenvalue weighted by atomic mass is 9.95. The molecule has 0 unspecified atom stereocenters. The molecule has 0 radical (unpaired) electrons. The quantitative estimate of drug-likeness (QED) is 0.772. The van der Waals surface area contributed by atoms with E-state index < -0.39 is 0 Å². The van der Waals surface area contributed by atoms with Crippen LogP contribution in [0.1, 0.15) is 26.6 Å². The van der Waals surface area contributed by atoms with E-state index in [1.165, 1.54) is 0 Å². The Bertz CT molecular complexity index is 684. The summed E-state index contributed by atoms with van der Waals surface area (Å²) in [5.74, 6) is 1.56. The van der Waals surface area contributed by atoms with E-state index in [1.54, 1.807) is 0 Å². The number of hydrogen-bond acceptors (Lipinski definition) is 2. The molecule has 112 valence electrons. The Labute approximate surface area is 139 Å². The van der Waals surface area contributed by atoms with Gasteiger partial charge in [-0.25, -0.2) is 4.98 Å². The average molecular weight is 369 g/mol. The highest BCUT2D eigenvalue weighted by Crippen LogP contribution is 2.36. The van der Waals surface area contributed by atoms with Crippen LogP contribution in [0, 0.1) is 0 Å². The molecule has 0 spiro atoms. The van der Waals surface area contributed by atoms with Gasteiger partial charge in [-0.3, -0.25) is 0 Å². The highest BCUT2D eigenvalue weighted by Gasteiger charge is 2.25. The Kier molecular flexibility index (Phi) is 4.49. The number of nitrogens with two attached hydrogens (primary N) is 1. The van der Waals surface area contributed by atoms with Gasteiger partial charge in [-0.15, -0.1) is 6.58 Å². The van der Waals surface area contributed by atoms with E-state index in [0.717, 1.165) is 21.6 Å². The molecule has 0 aliphatic carbocycles. The summed E-state index contributed by atoms with van der Waals surface area (Å²) in [6.45, 7) is 10.8. The molecule has 0 atom stereocenters. The third kappa shape index (κ3) is 3.16. The lowest BCUT2D eigenvalue weighted by molar-refractivity contribution is 0.515. The topological polar surface area (TPSA) is 43.8 Å². The van der Waals surface area contributed by atoms with Gasteiger partial charge in [-0.05, 0) is 18.2 Å². The van der Waals surface area contributed by atoms with E-state index in [9.17, 15) is 0 Å². The summed E-state index contributed by atoms with van der Waals surface area (Å²) in [5.41, 5.74) is 7.86. The summed E-state index contributed by atoms with van der Waals surface area (Å²) in [7, 11) is 0. The zero-order valence-corrected chi connectivity index (χ0v) is 14.8. The smallest absolute Gasteiger partial charge is 0.132 e. The summed E-state index contributed by atoms with van der Waals surface area (Å²) in [5, 5.41) is 0.656. The number of benzene rings is 1. The van der Waals surface area contributed by atoms with Crippen molar-refractivity contribution in [3.05, 3.63) is 46.2 Å². The Morgan fingerprint density at radius 2 is 2.10 bits per heavy atom. The fourth-order valence-corrected chi connectivity index (χ4v) is 2.84. The van der Waals surface area contributed by atoms with E-state index in [1.807, 2.05) is 28.8 Å². The highest BCUT2D eigenvalue weighted by atomic mass is 79.9. The van der Waals surface area contributed by atoms with Gasteiger partial charge >= 0.3 is 0 Å². The number of rotatable bonds is 3. The van der Waals surface area contributed by atoms with E-state index in [-0.39, 0.29) is 5.41 Å². The molecule has 0 bridgehead atoms. The van der Waals surface area contributed by atoms with Crippen molar-refractivity contribution in [2.75, 3.05) is 5.73 Å². The Morgan fingerprint density at radius 3 is 2.67 bits per heavy atom. The standard InChI is InChI=1S/C16H19BrClN3/c1-5-8-21-14(19)13(20-15(21)16(2,3)4)11-9-10(18)6-7-12(11)17/h5-7,9H,1,8,19H2,2-4H3. The van der Waals surface area contributed by atoms with Gasteiger partial charge in [0, 0.05) is 27.0 Å². The number of nitrogens with zero attached hydrogens (tertiary/aromatic N) is 2. The zero-order chi connectivity index (χ0) is 15.8. The lowest BCUT2D eigenvalue weighted by Gasteiger charge is -2.19. The first-order valence-corrected chi connectivity index (χ1v) is 7.85. The first-order valence-electron chi connectivity index (χ1n) is 6.68. The minimum Gasteiger partial charge on any atom is -0.383 e. The van der Waals surface area contributed by atoms with Crippen LogP contribution in [0.2, 0.25) is 5.02 Å². The molecule has 2 rings (SSSR count). The molecule has 5 heteroatoms. The van der Waals surface area contributed by atoms with Crippen LogP contribution >= 0.6 is 27.5 Å². The molecule has 2 aromatic rings. The summed E-state index contributed by atoms with van der Waals surface area (Å²) in [6, 6.07) is 5.60. The molecule has 21 heavy (non-hydrogen) atoms. The van der Waals surface area contributed by atoms with Crippen molar-refractivity contribution in [1.82, 2.24) is 9.55 Å². The van der Waals surface area contributed by atoms with Gasteiger partial charge in [-0.1, -0.05) is 54.4 Å². The first kappa shape index (κ1) is 16.1. The third-order valence-electron chi connectivity index (χ3n) is 3.17. The van der Waals surface area contributed by atoms with Crippen LogP contribution < -0.4 is 5.73 Å². The monoisotopic (exact) mass is 367 g/mol. The molecule has 2 N–H and O–H groups in total. The van der Waals surface area contributed by atoms with Crippen molar-refractivity contribution >= 4 is 33.3 Å². The SMILES string of the molecule is C=CCn1c(C(C)(C)C)nc(-c2cc(Cl)ccc2Br)c1N. The van der Waals surface area contributed by atoms with Crippen molar-refractivity contribution in [2.45, 2.75) is 32.7 Å². The third-order valence-corrected chi connectivity index (χ3v) is 4.10. The van der Waals surface area contributed by atoms with Gasteiger partial charge < -0.3 is 10.3 Å². The largest absolute Gasteiger partial charge is 0.383 e. The maximum Gasteiger partial charge on any atom is 0.132 e. The summed E-state index contributed by atoms with van der Waals surface area (Å²) in [6.07, 6.45) is 1.82. The number of nitrogen functional groups attached to an aromatic ring is 1. The molecule has 0 aliphatic heterocycles. The summed E-state index contributed by atoms with van der Waals surface area (Å²) < 4.78 is 2.91. The number of aromatic nitrogens is 2. The molecule has 0 fully saturated rings. The molecule has 0 amide bonds. The van der Waals surface area contributed by atoms with Crippen LogP contribution in [0.15, 0.2) is 35.3 Å². The fraction of sp³-hybridized carbons (Fsp3) is 0.312. The van der Waals surface area contributed by atoms with Crippen molar-refractivity contribution in [3.63, 3.8) is 0 Å². The molecule has 1 aromatic heterocycles. The predicted octanol–water partition coefficient (Wildman–Crippen LogP) is 5.03. The Morgan fingerprint density at radius 1 is 1.43 bits per heavy atom. The minimum absolute atomic E-state index is 0.111. The number of halogens is 2. The van der Waals surface area contributed by atoms with Crippen LogP contribution in [0.3, 0.4) is 0 Å². The van der Waals surface area contributed by atoms with Crippen LogP contribution in [-0.4, -0.2) is 9.55 Å². The van der Waals surface area contributed by atoms with Gasteiger partial charge in [0.05, 0.1) is 0 Å². The molecule has 0 saturated carbocycles. The van der Waals surface area contributed by atoms with Crippen molar-refractivity contribution < 1.29 is 0 Å².